The van der Waals surface area contributed by atoms with Gasteiger partial charge in [-0.2, -0.15) is 0 Å². The number of carboxylic acids is 1. The van der Waals surface area contributed by atoms with Gasteiger partial charge in [0, 0.05) is 13.1 Å². The second kappa shape index (κ2) is 5.54. The molecule has 0 amide bonds. The van der Waals surface area contributed by atoms with E-state index in [9.17, 15) is 13.2 Å². The van der Waals surface area contributed by atoms with Crippen LogP contribution in [0.1, 0.15) is 23.1 Å². The van der Waals surface area contributed by atoms with E-state index in [2.05, 4.69) is 0 Å². The lowest BCUT2D eigenvalue weighted by atomic mass is 10.1. The zero-order chi connectivity index (χ0) is 14.9. The highest BCUT2D eigenvalue weighted by Gasteiger charge is 2.34. The fourth-order valence-electron chi connectivity index (χ4n) is 2.38. The highest BCUT2D eigenvalue weighted by Crippen LogP contribution is 2.22. The van der Waals surface area contributed by atoms with Crippen LogP contribution < -0.4 is 0 Å². The van der Waals surface area contributed by atoms with Crippen LogP contribution in [0.2, 0.25) is 0 Å². The van der Waals surface area contributed by atoms with Gasteiger partial charge in [0.15, 0.2) is 0 Å². The van der Waals surface area contributed by atoms with Gasteiger partial charge >= 0.3 is 5.97 Å². The largest absolute Gasteiger partial charge is 0.481 e. The van der Waals surface area contributed by atoms with Crippen LogP contribution in [0.15, 0.2) is 18.2 Å². The standard InChI is InChI=1S/C14H19NO4S/c1-10-3-4-12(7-11(10)2)9-20(18,19)15-6-5-13(8-15)14(16)17/h3-4,7,13H,5-6,8-9H2,1-2H3,(H,16,17). The molecule has 1 aliphatic rings. The van der Waals surface area contributed by atoms with Gasteiger partial charge in [-0.15, -0.1) is 0 Å². The highest BCUT2D eigenvalue weighted by atomic mass is 32.2. The minimum Gasteiger partial charge on any atom is -0.481 e. The minimum atomic E-state index is -3.44. The van der Waals surface area contributed by atoms with Gasteiger partial charge < -0.3 is 5.11 Å². The van der Waals surface area contributed by atoms with Gasteiger partial charge in [0.1, 0.15) is 0 Å². The van der Waals surface area contributed by atoms with Crippen molar-refractivity contribution in [2.75, 3.05) is 13.1 Å². The number of sulfonamides is 1. The summed E-state index contributed by atoms with van der Waals surface area (Å²) >= 11 is 0. The number of hydrogen-bond acceptors (Lipinski definition) is 3. The molecule has 2 rings (SSSR count). The molecule has 1 heterocycles. The SMILES string of the molecule is Cc1ccc(CS(=O)(=O)N2CCC(C(=O)O)C2)cc1C. The first-order valence-electron chi connectivity index (χ1n) is 6.56. The molecule has 1 aromatic carbocycles. The summed E-state index contributed by atoms with van der Waals surface area (Å²) in [6.07, 6.45) is 0.390. The Morgan fingerprint density at radius 1 is 1.35 bits per heavy atom. The molecule has 1 saturated heterocycles. The number of rotatable bonds is 4. The van der Waals surface area contributed by atoms with Crippen molar-refractivity contribution in [2.45, 2.75) is 26.0 Å². The van der Waals surface area contributed by atoms with E-state index in [1.807, 2.05) is 32.0 Å². The van der Waals surface area contributed by atoms with Crippen molar-refractivity contribution >= 4 is 16.0 Å². The maximum atomic E-state index is 12.3. The van der Waals surface area contributed by atoms with E-state index in [-0.39, 0.29) is 12.3 Å². The molecule has 0 bridgehead atoms. The molecule has 1 atom stereocenters. The Kier molecular flexibility index (Phi) is 4.15. The van der Waals surface area contributed by atoms with E-state index in [0.29, 0.717) is 13.0 Å². The number of aliphatic carboxylic acids is 1. The molecule has 1 aliphatic heterocycles. The average molecular weight is 297 g/mol. The zero-order valence-corrected chi connectivity index (χ0v) is 12.5. The molecular weight excluding hydrogens is 278 g/mol. The normalized spacial score (nSPS) is 20.2. The van der Waals surface area contributed by atoms with Crippen LogP contribution in [0.5, 0.6) is 0 Å². The smallest absolute Gasteiger partial charge is 0.307 e. The Hall–Kier alpha value is -1.40. The summed E-state index contributed by atoms with van der Waals surface area (Å²) in [5.41, 5.74) is 2.92. The molecule has 20 heavy (non-hydrogen) atoms. The van der Waals surface area contributed by atoms with Crippen LogP contribution in [0, 0.1) is 19.8 Å². The first kappa shape index (κ1) is 15.0. The highest BCUT2D eigenvalue weighted by molar-refractivity contribution is 7.88. The molecule has 5 nitrogen and oxygen atoms in total. The monoisotopic (exact) mass is 297 g/mol. The Bertz CT molecular complexity index is 624. The summed E-state index contributed by atoms with van der Waals surface area (Å²) in [7, 11) is -3.44. The molecule has 0 saturated carbocycles. The quantitative estimate of drug-likeness (QED) is 0.914. The third kappa shape index (κ3) is 3.19. The summed E-state index contributed by atoms with van der Waals surface area (Å²) < 4.78 is 25.9. The molecule has 6 heteroatoms. The molecule has 1 N–H and O–H groups in total. The summed E-state index contributed by atoms with van der Waals surface area (Å²) in [5.74, 6) is -1.57. The molecule has 1 fully saturated rings. The van der Waals surface area contributed by atoms with E-state index in [0.717, 1.165) is 16.7 Å². The predicted molar refractivity (Wildman–Crippen MR) is 75.9 cm³/mol. The molecule has 0 aliphatic carbocycles. The van der Waals surface area contributed by atoms with Crippen LogP contribution in [0.3, 0.4) is 0 Å². The van der Waals surface area contributed by atoms with Gasteiger partial charge in [0.05, 0.1) is 11.7 Å². The molecule has 1 aromatic rings. The third-order valence-corrected chi connectivity index (χ3v) is 5.63. The number of hydrogen-bond donors (Lipinski definition) is 1. The van der Waals surface area contributed by atoms with Gasteiger partial charge in [-0.1, -0.05) is 18.2 Å². The molecule has 1 unspecified atom stereocenters. The lowest BCUT2D eigenvalue weighted by Gasteiger charge is -2.16. The Morgan fingerprint density at radius 3 is 2.60 bits per heavy atom. The molecule has 0 aromatic heterocycles. The maximum Gasteiger partial charge on any atom is 0.307 e. The maximum absolute atomic E-state index is 12.3. The van der Waals surface area contributed by atoms with Gasteiger partial charge in [-0.05, 0) is 37.0 Å². The van der Waals surface area contributed by atoms with E-state index in [4.69, 9.17) is 5.11 Å². The molecule has 110 valence electrons. The van der Waals surface area contributed by atoms with Gasteiger partial charge in [-0.25, -0.2) is 12.7 Å². The van der Waals surface area contributed by atoms with Crippen molar-refractivity contribution in [3.8, 4) is 0 Å². The van der Waals surface area contributed by atoms with Crippen molar-refractivity contribution in [1.82, 2.24) is 4.31 Å². The van der Waals surface area contributed by atoms with E-state index >= 15 is 0 Å². The fourth-order valence-corrected chi connectivity index (χ4v) is 3.95. The van der Waals surface area contributed by atoms with Crippen molar-refractivity contribution in [3.05, 3.63) is 34.9 Å². The number of nitrogens with zero attached hydrogens (tertiary/aromatic N) is 1. The van der Waals surface area contributed by atoms with Crippen molar-refractivity contribution < 1.29 is 18.3 Å². The minimum absolute atomic E-state index is 0.0690. The second-order valence-corrected chi connectivity index (χ2v) is 7.33. The van der Waals surface area contributed by atoms with Crippen LogP contribution in [-0.4, -0.2) is 36.9 Å². The Balaban J connectivity index is 2.12. The average Bonchev–Trinajstić information content (AvgIpc) is 2.84. The summed E-state index contributed by atoms with van der Waals surface area (Å²) in [6, 6.07) is 5.59. The number of carbonyl (C=O) groups is 1. The number of aryl methyl sites for hydroxylation is 2. The van der Waals surface area contributed by atoms with Crippen molar-refractivity contribution in [3.63, 3.8) is 0 Å². The van der Waals surface area contributed by atoms with Crippen LogP contribution in [0.4, 0.5) is 0 Å². The fraction of sp³-hybridized carbons (Fsp3) is 0.500. The topological polar surface area (TPSA) is 74.7 Å². The lowest BCUT2D eigenvalue weighted by molar-refractivity contribution is -0.141. The summed E-state index contributed by atoms with van der Waals surface area (Å²) in [6.45, 7) is 4.31. The van der Waals surface area contributed by atoms with Gasteiger partial charge in [-0.3, -0.25) is 4.79 Å². The van der Waals surface area contributed by atoms with Gasteiger partial charge in [0.25, 0.3) is 0 Å². The van der Waals surface area contributed by atoms with Crippen molar-refractivity contribution in [2.24, 2.45) is 5.92 Å². The van der Waals surface area contributed by atoms with Crippen LogP contribution >= 0.6 is 0 Å². The predicted octanol–water partition coefficient (Wildman–Crippen LogP) is 1.54. The third-order valence-electron chi connectivity index (χ3n) is 3.81. The van der Waals surface area contributed by atoms with Gasteiger partial charge in [0.2, 0.25) is 10.0 Å². The summed E-state index contributed by atoms with van der Waals surface area (Å²) in [5, 5.41) is 8.93. The number of benzene rings is 1. The zero-order valence-electron chi connectivity index (χ0n) is 11.7. The lowest BCUT2D eigenvalue weighted by Crippen LogP contribution is -2.31. The first-order chi connectivity index (χ1) is 9.29. The second-order valence-electron chi connectivity index (χ2n) is 5.36. The first-order valence-corrected chi connectivity index (χ1v) is 8.17. The van der Waals surface area contributed by atoms with E-state index < -0.39 is 21.9 Å². The van der Waals surface area contributed by atoms with Crippen LogP contribution in [0.25, 0.3) is 0 Å². The van der Waals surface area contributed by atoms with E-state index in [1.54, 1.807) is 0 Å². The van der Waals surface area contributed by atoms with Crippen LogP contribution in [-0.2, 0) is 20.6 Å². The van der Waals surface area contributed by atoms with Crippen molar-refractivity contribution in [1.29, 1.82) is 0 Å². The summed E-state index contributed by atoms with van der Waals surface area (Å²) in [4.78, 5) is 10.9. The Labute approximate surface area is 119 Å². The van der Waals surface area contributed by atoms with E-state index in [1.165, 1.54) is 4.31 Å². The number of carboxylic acid groups (broad SMARTS) is 1. The Morgan fingerprint density at radius 2 is 2.05 bits per heavy atom. The molecule has 0 radical (unpaired) electrons. The molecular formula is C14H19NO4S. The molecule has 0 spiro atoms.